The van der Waals surface area contributed by atoms with E-state index in [1.807, 2.05) is 37.3 Å². The van der Waals surface area contributed by atoms with Crippen molar-refractivity contribution in [1.29, 1.82) is 0 Å². The number of hydrogen-bond donors (Lipinski definition) is 0. The number of nitrogens with zero attached hydrogens (tertiary/aromatic N) is 2. The Labute approximate surface area is 206 Å². The van der Waals surface area contributed by atoms with Gasteiger partial charge in [0, 0.05) is 12.1 Å². The summed E-state index contributed by atoms with van der Waals surface area (Å²) >= 11 is 0.908. The number of carbonyl (C=O) groups excluding carboxylic acids is 2. The Hall–Kier alpha value is -4.11. The summed E-state index contributed by atoms with van der Waals surface area (Å²) in [4.78, 5) is 37.2. The quantitative estimate of drug-likeness (QED) is 0.212. The van der Waals surface area contributed by atoms with Crippen molar-refractivity contribution in [3.05, 3.63) is 105 Å². The largest absolute Gasteiger partial charge is 0.490 e. The average Bonchev–Trinajstić information content (AvgIpc) is 3.12. The number of ether oxygens (including phenoxy) is 2. The maximum atomic E-state index is 12.8. The molecular weight excluding hydrogens is 468 g/mol. The van der Waals surface area contributed by atoms with Crippen LogP contribution >= 0.6 is 11.8 Å². The van der Waals surface area contributed by atoms with Crippen molar-refractivity contribution in [2.45, 2.75) is 20.1 Å². The van der Waals surface area contributed by atoms with Gasteiger partial charge in [0.05, 0.1) is 23.0 Å². The number of benzene rings is 3. The fraction of sp³-hybridized carbons (Fsp3) is 0.154. The van der Waals surface area contributed by atoms with E-state index in [-0.39, 0.29) is 30.0 Å². The first-order chi connectivity index (χ1) is 16.9. The monoisotopic (exact) mass is 490 g/mol. The van der Waals surface area contributed by atoms with Gasteiger partial charge >= 0.3 is 0 Å². The summed E-state index contributed by atoms with van der Waals surface area (Å²) in [5.41, 5.74) is 2.36. The van der Waals surface area contributed by atoms with Crippen molar-refractivity contribution in [3.63, 3.8) is 0 Å². The molecule has 2 amide bonds. The zero-order valence-corrected chi connectivity index (χ0v) is 19.7. The molecule has 3 aromatic carbocycles. The predicted molar refractivity (Wildman–Crippen MR) is 133 cm³/mol. The van der Waals surface area contributed by atoms with Gasteiger partial charge in [0.1, 0.15) is 6.61 Å². The van der Waals surface area contributed by atoms with Gasteiger partial charge in [0.25, 0.3) is 16.8 Å². The molecule has 1 aliphatic rings. The van der Waals surface area contributed by atoms with Gasteiger partial charge in [-0.1, -0.05) is 36.4 Å². The molecule has 1 aliphatic heterocycles. The van der Waals surface area contributed by atoms with Crippen LogP contribution in [-0.4, -0.2) is 27.6 Å². The molecule has 9 heteroatoms. The van der Waals surface area contributed by atoms with Crippen molar-refractivity contribution in [3.8, 4) is 11.5 Å². The third-order valence-corrected chi connectivity index (χ3v) is 6.07. The number of carbonyl (C=O) groups is 2. The zero-order valence-electron chi connectivity index (χ0n) is 18.9. The van der Waals surface area contributed by atoms with Crippen LogP contribution in [0, 0.1) is 10.1 Å². The molecule has 0 spiro atoms. The van der Waals surface area contributed by atoms with Crippen LogP contribution in [0.2, 0.25) is 0 Å². The van der Waals surface area contributed by atoms with Gasteiger partial charge in [-0.15, -0.1) is 0 Å². The molecule has 4 rings (SSSR count). The maximum Gasteiger partial charge on any atom is 0.293 e. The van der Waals surface area contributed by atoms with Gasteiger partial charge in [-0.2, -0.15) is 0 Å². The highest BCUT2D eigenvalue weighted by Crippen LogP contribution is 2.35. The number of amides is 2. The number of imide groups is 1. The van der Waals surface area contributed by atoms with Crippen LogP contribution in [0.1, 0.15) is 23.6 Å². The Morgan fingerprint density at radius 1 is 0.943 bits per heavy atom. The highest BCUT2D eigenvalue weighted by molar-refractivity contribution is 8.18. The molecule has 35 heavy (non-hydrogen) atoms. The second kappa shape index (κ2) is 10.9. The molecule has 0 atom stereocenters. The smallest absolute Gasteiger partial charge is 0.293 e. The second-order valence-corrected chi connectivity index (χ2v) is 8.60. The molecular formula is C26H22N2O6S. The van der Waals surface area contributed by atoms with Gasteiger partial charge in [-0.05, 0) is 65.7 Å². The first-order valence-corrected chi connectivity index (χ1v) is 11.7. The Morgan fingerprint density at radius 3 is 2.37 bits per heavy atom. The van der Waals surface area contributed by atoms with Gasteiger partial charge in [-0.25, -0.2) is 0 Å². The Balaban J connectivity index is 1.48. The molecule has 0 radical (unpaired) electrons. The maximum absolute atomic E-state index is 12.8. The van der Waals surface area contributed by atoms with Gasteiger partial charge in [0.15, 0.2) is 11.5 Å². The topological polar surface area (TPSA) is 99.0 Å². The van der Waals surface area contributed by atoms with Crippen LogP contribution in [0.5, 0.6) is 11.5 Å². The Morgan fingerprint density at radius 2 is 1.69 bits per heavy atom. The molecule has 0 aromatic heterocycles. The van der Waals surface area contributed by atoms with Gasteiger partial charge in [-0.3, -0.25) is 24.6 Å². The summed E-state index contributed by atoms with van der Waals surface area (Å²) in [6.07, 6.45) is 1.67. The van der Waals surface area contributed by atoms with Crippen molar-refractivity contribution in [1.82, 2.24) is 4.90 Å². The van der Waals surface area contributed by atoms with Crippen molar-refractivity contribution >= 4 is 34.7 Å². The Bertz CT molecular complexity index is 1270. The van der Waals surface area contributed by atoms with Crippen LogP contribution in [-0.2, 0) is 17.9 Å². The molecule has 1 heterocycles. The summed E-state index contributed by atoms with van der Waals surface area (Å²) < 4.78 is 11.6. The number of rotatable bonds is 9. The van der Waals surface area contributed by atoms with Crippen molar-refractivity contribution in [2.24, 2.45) is 0 Å². The molecule has 8 nitrogen and oxygen atoms in total. The molecule has 1 fully saturated rings. The third-order valence-electron chi connectivity index (χ3n) is 5.16. The summed E-state index contributed by atoms with van der Waals surface area (Å²) in [7, 11) is 0. The first kappa shape index (κ1) is 24.0. The average molecular weight is 491 g/mol. The molecule has 0 unspecified atom stereocenters. The van der Waals surface area contributed by atoms with E-state index in [9.17, 15) is 19.7 Å². The fourth-order valence-electron chi connectivity index (χ4n) is 3.43. The molecule has 0 aliphatic carbocycles. The van der Waals surface area contributed by atoms with E-state index in [4.69, 9.17) is 9.47 Å². The molecule has 0 N–H and O–H groups in total. The van der Waals surface area contributed by atoms with Crippen LogP contribution in [0.25, 0.3) is 6.08 Å². The lowest BCUT2D eigenvalue weighted by molar-refractivity contribution is -0.384. The number of thioether (sulfide) groups is 1. The Kier molecular flexibility index (Phi) is 7.47. The van der Waals surface area contributed by atoms with Crippen LogP contribution in [0.4, 0.5) is 10.5 Å². The number of nitro benzene ring substituents is 1. The minimum absolute atomic E-state index is 0.0151. The first-order valence-electron chi connectivity index (χ1n) is 10.9. The number of non-ortho nitro benzene ring substituents is 1. The van der Waals surface area contributed by atoms with E-state index in [0.717, 1.165) is 22.9 Å². The highest BCUT2D eigenvalue weighted by Gasteiger charge is 2.35. The lowest BCUT2D eigenvalue weighted by atomic mass is 10.1. The SMILES string of the molecule is CCOc1cc(/C=C2\SC(=O)N(Cc3ccccc3)C2=O)ccc1OCc1ccc([N+](=O)[O-])cc1. The molecule has 178 valence electrons. The number of hydrogen-bond acceptors (Lipinski definition) is 7. The summed E-state index contributed by atoms with van der Waals surface area (Å²) in [6.45, 7) is 2.69. The minimum atomic E-state index is -0.451. The number of nitro groups is 1. The van der Waals surface area contributed by atoms with E-state index in [1.165, 1.54) is 17.0 Å². The zero-order chi connectivity index (χ0) is 24.8. The highest BCUT2D eigenvalue weighted by atomic mass is 32.2. The molecule has 1 saturated heterocycles. The standard InChI is InChI=1S/C26H22N2O6S/c1-2-33-23-14-20(10-13-22(23)34-17-19-8-11-21(12-9-19)28(31)32)15-24-25(29)27(26(30)35-24)16-18-6-4-3-5-7-18/h3-15H,2,16-17H2,1H3/b24-15-. The molecule has 3 aromatic rings. The molecule has 0 saturated carbocycles. The van der Waals surface area contributed by atoms with Crippen molar-refractivity contribution < 1.29 is 24.0 Å². The van der Waals surface area contributed by atoms with E-state index in [2.05, 4.69) is 0 Å². The lowest BCUT2D eigenvalue weighted by Gasteiger charge is -2.13. The van der Waals surface area contributed by atoms with E-state index >= 15 is 0 Å². The summed E-state index contributed by atoms with van der Waals surface area (Å²) in [5.74, 6) is 0.659. The second-order valence-electron chi connectivity index (χ2n) is 7.60. The summed E-state index contributed by atoms with van der Waals surface area (Å²) in [5, 5.41) is 10.5. The predicted octanol–water partition coefficient (Wildman–Crippen LogP) is 5.81. The van der Waals surface area contributed by atoms with Crippen LogP contribution < -0.4 is 9.47 Å². The normalized spacial score (nSPS) is 14.4. The van der Waals surface area contributed by atoms with Gasteiger partial charge < -0.3 is 9.47 Å². The lowest BCUT2D eigenvalue weighted by Crippen LogP contribution is -2.27. The van der Waals surface area contributed by atoms with E-state index in [0.29, 0.717) is 28.6 Å². The summed E-state index contributed by atoms with van der Waals surface area (Å²) in [6, 6.07) is 20.7. The third kappa shape index (κ3) is 5.88. The van der Waals surface area contributed by atoms with E-state index in [1.54, 1.807) is 36.4 Å². The van der Waals surface area contributed by atoms with E-state index < -0.39 is 4.92 Å². The minimum Gasteiger partial charge on any atom is -0.490 e. The van der Waals surface area contributed by atoms with Crippen LogP contribution in [0.15, 0.2) is 77.7 Å². The van der Waals surface area contributed by atoms with Gasteiger partial charge in [0.2, 0.25) is 0 Å². The molecule has 0 bridgehead atoms. The fourth-order valence-corrected chi connectivity index (χ4v) is 4.27. The van der Waals surface area contributed by atoms with Crippen LogP contribution in [0.3, 0.4) is 0 Å². The van der Waals surface area contributed by atoms with Crippen molar-refractivity contribution in [2.75, 3.05) is 6.61 Å².